The van der Waals surface area contributed by atoms with Crippen LogP contribution in [0.2, 0.25) is 0 Å². The van der Waals surface area contributed by atoms with E-state index < -0.39 is 0 Å². The highest BCUT2D eigenvalue weighted by Crippen LogP contribution is 2.53. The molecule has 2 aliphatic rings. The Hall–Kier alpha value is -2.10. The van der Waals surface area contributed by atoms with Crippen molar-refractivity contribution in [3.05, 3.63) is 59.4 Å². The van der Waals surface area contributed by atoms with Crippen molar-refractivity contribution >= 4 is 64.6 Å². The molecule has 0 saturated heterocycles. The Balaban J connectivity index is 1.11. The molecule has 8 heteroatoms. The molecule has 0 radical (unpaired) electrons. The second-order valence-corrected chi connectivity index (χ2v) is 16.1. The highest BCUT2D eigenvalue weighted by molar-refractivity contribution is 8.33. The third-order valence-electron chi connectivity index (χ3n) is 7.69. The van der Waals surface area contributed by atoms with Crippen molar-refractivity contribution < 1.29 is 14.3 Å². The molecule has 2 heterocycles. The van der Waals surface area contributed by atoms with E-state index in [1.807, 2.05) is 5.41 Å². The number of nitrogens with one attached hydrogen (secondary N) is 1. The van der Waals surface area contributed by atoms with Gasteiger partial charge in [0.1, 0.15) is 6.61 Å². The van der Waals surface area contributed by atoms with E-state index in [2.05, 4.69) is 46.7 Å². The maximum atomic E-state index is 12.5. The second-order valence-electron chi connectivity index (χ2n) is 11.7. The number of esters is 1. The summed E-state index contributed by atoms with van der Waals surface area (Å²) in [5, 5.41) is 9.14. The molecule has 0 aliphatic carbocycles. The minimum absolute atomic E-state index is 0.00582. The minimum atomic E-state index is -0.364. The number of unbranched alkanes of at least 4 members (excludes halogenated alkanes) is 16. The lowest BCUT2D eigenvalue weighted by Gasteiger charge is -2.08. The molecular weight excluding hydrogens is 659 g/mol. The van der Waals surface area contributed by atoms with Gasteiger partial charge in [-0.15, -0.1) is 0 Å². The fourth-order valence-corrected chi connectivity index (χ4v) is 9.39. The van der Waals surface area contributed by atoms with Crippen LogP contribution >= 0.6 is 47.0 Å². The largest absolute Gasteiger partial charge is 0.457 e. The summed E-state index contributed by atoms with van der Waals surface area (Å²) in [6.07, 6.45) is 22.5. The van der Waals surface area contributed by atoms with E-state index in [-0.39, 0.29) is 18.5 Å². The number of hydrogen-bond donors (Lipinski definition) is 1. The first-order valence-corrected chi connectivity index (χ1v) is 20.9. The van der Waals surface area contributed by atoms with Gasteiger partial charge in [0.15, 0.2) is 0 Å². The third kappa shape index (κ3) is 18.3. The van der Waals surface area contributed by atoms with Gasteiger partial charge in [-0.3, -0.25) is 4.79 Å². The predicted octanol–water partition coefficient (Wildman–Crippen LogP) is 12.6. The first kappa shape index (κ1) is 39.3. The number of rotatable bonds is 22. The maximum absolute atomic E-state index is 12.5. The molecule has 0 unspecified atom stereocenters. The Morgan fingerprint density at radius 2 is 1.23 bits per heavy atom. The Labute approximate surface area is 301 Å². The lowest BCUT2D eigenvalue weighted by molar-refractivity contribution is -0.116. The summed E-state index contributed by atoms with van der Waals surface area (Å²) in [6, 6.07) is 6.91. The summed E-state index contributed by atoms with van der Waals surface area (Å²) in [6.45, 7) is 2.53. The molecule has 0 aromatic heterocycles. The molecule has 0 spiro atoms. The first-order valence-electron chi connectivity index (χ1n) is 17.4. The zero-order valence-corrected chi connectivity index (χ0v) is 31.3. The summed E-state index contributed by atoms with van der Waals surface area (Å²) < 4.78 is 8.02. The van der Waals surface area contributed by atoms with Gasteiger partial charge in [0.2, 0.25) is 5.91 Å². The van der Waals surface area contributed by atoms with Gasteiger partial charge in [0.05, 0.1) is 14.0 Å². The Kier molecular flexibility index (Phi) is 21.6. The van der Waals surface area contributed by atoms with E-state index in [1.165, 1.54) is 85.5 Å². The summed E-state index contributed by atoms with van der Waals surface area (Å²) in [5.41, 5.74) is 1.17. The number of hydrogen-bond acceptors (Lipinski definition) is 7. The van der Waals surface area contributed by atoms with Crippen LogP contribution in [0.25, 0.3) is 0 Å². The van der Waals surface area contributed by atoms with Gasteiger partial charge < -0.3 is 10.1 Å². The van der Waals surface area contributed by atoms with Gasteiger partial charge in [-0.1, -0.05) is 149 Å². The molecule has 254 valence electrons. The van der Waals surface area contributed by atoms with E-state index in [0.717, 1.165) is 43.4 Å². The molecule has 0 bridgehead atoms. The van der Waals surface area contributed by atoms with E-state index in [0.29, 0.717) is 17.7 Å². The molecule has 0 fully saturated rings. The van der Waals surface area contributed by atoms with Crippen LogP contribution in [0.1, 0.15) is 139 Å². The molecule has 1 amide bonds. The van der Waals surface area contributed by atoms with E-state index in [1.54, 1.807) is 71.3 Å². The molecule has 3 rings (SSSR count). The van der Waals surface area contributed by atoms with Crippen LogP contribution in [0.4, 0.5) is 5.69 Å². The average Bonchev–Trinajstić information content (AvgIpc) is 3.79. The molecular formula is C39H51NO3S4. The van der Waals surface area contributed by atoms with Gasteiger partial charge in [0.25, 0.3) is 0 Å². The molecule has 47 heavy (non-hydrogen) atoms. The highest BCUT2D eigenvalue weighted by atomic mass is 32.2. The molecule has 0 saturated carbocycles. The van der Waals surface area contributed by atoms with Crippen molar-refractivity contribution in [3.8, 4) is 23.7 Å². The zero-order chi connectivity index (χ0) is 33.2. The fourth-order valence-electron chi connectivity index (χ4n) is 5.00. The van der Waals surface area contributed by atoms with Gasteiger partial charge >= 0.3 is 5.97 Å². The molecule has 1 aromatic carbocycles. The van der Waals surface area contributed by atoms with Crippen LogP contribution < -0.4 is 5.32 Å². The van der Waals surface area contributed by atoms with Crippen molar-refractivity contribution in [2.45, 2.75) is 129 Å². The Morgan fingerprint density at radius 3 is 1.83 bits per heavy atom. The number of carbonyl (C=O) groups excluding carboxylic acids is 2. The van der Waals surface area contributed by atoms with Gasteiger partial charge in [-0.25, -0.2) is 4.79 Å². The van der Waals surface area contributed by atoms with Crippen LogP contribution in [0, 0.1) is 23.7 Å². The van der Waals surface area contributed by atoms with Crippen LogP contribution in [0.15, 0.2) is 53.9 Å². The molecule has 2 aliphatic heterocycles. The highest BCUT2D eigenvalue weighted by Gasteiger charge is 2.20. The Morgan fingerprint density at radius 1 is 0.681 bits per heavy atom. The van der Waals surface area contributed by atoms with Gasteiger partial charge in [-0.2, -0.15) is 0 Å². The standard InChI is InChI=1S/C39H51NO3S4/c1-2-3-4-5-6-7-8-9-10-11-12-13-14-15-16-17-18-19-20-21-22-23-24-36(41)40-34-27-25-33(26-28-34)37(42)43-31-35-32-46-39(47-35)38-44-29-30-45-38/h25-30,32H,2-12,17-24,31H2,1H3,(H,40,41). The van der Waals surface area contributed by atoms with Crippen molar-refractivity contribution in [2.24, 2.45) is 0 Å². The van der Waals surface area contributed by atoms with Crippen molar-refractivity contribution in [1.82, 2.24) is 0 Å². The van der Waals surface area contributed by atoms with Crippen LogP contribution in [-0.4, -0.2) is 18.5 Å². The number of anilines is 1. The number of thioether (sulfide) groups is 4. The van der Waals surface area contributed by atoms with Crippen LogP contribution in [0.3, 0.4) is 0 Å². The summed E-state index contributed by atoms with van der Waals surface area (Å²) in [5.74, 6) is 12.1. The predicted molar refractivity (Wildman–Crippen MR) is 209 cm³/mol. The average molecular weight is 710 g/mol. The van der Waals surface area contributed by atoms with E-state index in [9.17, 15) is 9.59 Å². The van der Waals surface area contributed by atoms with Gasteiger partial charge in [-0.05, 0) is 71.6 Å². The normalized spacial score (nSPS) is 13.5. The number of carbonyl (C=O) groups is 2. The molecule has 0 atom stereocenters. The third-order valence-corrected chi connectivity index (χ3v) is 12.7. The fraction of sp³-hybridized carbons (Fsp3) is 0.538. The summed E-state index contributed by atoms with van der Waals surface area (Å²) in [7, 11) is 0. The van der Waals surface area contributed by atoms with Crippen molar-refractivity contribution in [2.75, 3.05) is 11.9 Å². The zero-order valence-electron chi connectivity index (χ0n) is 28.0. The maximum Gasteiger partial charge on any atom is 0.338 e. The first-order chi connectivity index (χ1) is 23.2. The molecule has 1 aromatic rings. The van der Waals surface area contributed by atoms with Crippen molar-refractivity contribution in [1.29, 1.82) is 0 Å². The van der Waals surface area contributed by atoms with Crippen LogP contribution in [-0.2, 0) is 9.53 Å². The van der Waals surface area contributed by atoms with Crippen molar-refractivity contribution in [3.63, 3.8) is 0 Å². The second kappa shape index (κ2) is 25.9. The van der Waals surface area contributed by atoms with E-state index >= 15 is 0 Å². The SMILES string of the molecule is CCCCCCCCCCCCC#CC#CCCCCCCCCC(=O)Nc1ccc(C(=O)OCC2=CSC(=C3SC=CS3)S2)cc1. The van der Waals surface area contributed by atoms with Crippen LogP contribution in [0.5, 0.6) is 0 Å². The lowest BCUT2D eigenvalue weighted by atomic mass is 10.1. The summed E-state index contributed by atoms with van der Waals surface area (Å²) in [4.78, 5) is 25.9. The minimum Gasteiger partial charge on any atom is -0.457 e. The molecule has 4 nitrogen and oxygen atoms in total. The number of amides is 1. The summed E-state index contributed by atoms with van der Waals surface area (Å²) >= 11 is 6.80. The number of ether oxygens (including phenoxy) is 1. The smallest absolute Gasteiger partial charge is 0.338 e. The Bertz CT molecular complexity index is 1300. The van der Waals surface area contributed by atoms with E-state index in [4.69, 9.17) is 4.74 Å². The lowest BCUT2D eigenvalue weighted by Crippen LogP contribution is -2.11. The number of benzene rings is 1. The molecule has 1 N–H and O–H groups in total. The topological polar surface area (TPSA) is 55.4 Å². The monoisotopic (exact) mass is 709 g/mol. The van der Waals surface area contributed by atoms with Gasteiger partial charge in [0, 0.05) is 29.9 Å². The quantitative estimate of drug-likeness (QED) is 0.0730.